The van der Waals surface area contributed by atoms with Crippen LogP contribution in [0, 0.1) is 6.92 Å². The van der Waals surface area contributed by atoms with E-state index < -0.39 is 5.97 Å². The number of carboxylic acids is 1. The molecule has 0 unspecified atom stereocenters. The van der Waals surface area contributed by atoms with Crippen molar-refractivity contribution >= 4 is 23.2 Å². The Morgan fingerprint density at radius 3 is 2.80 bits per heavy atom. The van der Waals surface area contributed by atoms with Crippen molar-refractivity contribution in [1.82, 2.24) is 4.98 Å². The molecule has 1 aromatic carbocycles. The number of rotatable bonds is 2. The van der Waals surface area contributed by atoms with E-state index in [1.807, 2.05) is 6.92 Å². The highest BCUT2D eigenvalue weighted by molar-refractivity contribution is 5.97. The number of aromatic carboxylic acids is 1. The summed E-state index contributed by atoms with van der Waals surface area (Å²) in [5.74, 6) is -0.975. The van der Waals surface area contributed by atoms with Gasteiger partial charge in [-0.05, 0) is 24.6 Å². The van der Waals surface area contributed by atoms with Crippen LogP contribution >= 0.6 is 0 Å². The second kappa shape index (κ2) is 3.24. The van der Waals surface area contributed by atoms with Crippen LogP contribution in [-0.2, 0) is 0 Å². The lowest BCUT2D eigenvalue weighted by Crippen LogP contribution is -1.94. The zero-order valence-electron chi connectivity index (χ0n) is 8.07. The topological polar surface area (TPSA) is 70.2 Å². The molecule has 4 nitrogen and oxygen atoms in total. The average molecular weight is 203 g/mol. The molecule has 2 N–H and O–H groups in total. The van der Waals surface area contributed by atoms with E-state index in [1.165, 1.54) is 12.1 Å². The number of H-pyrrole nitrogens is 1. The van der Waals surface area contributed by atoms with E-state index in [9.17, 15) is 9.59 Å². The van der Waals surface area contributed by atoms with Crippen LogP contribution in [0.4, 0.5) is 0 Å². The van der Waals surface area contributed by atoms with E-state index in [-0.39, 0.29) is 5.56 Å². The quantitative estimate of drug-likeness (QED) is 0.733. The molecule has 0 saturated heterocycles. The maximum atomic E-state index is 10.7. The molecule has 0 aliphatic rings. The normalized spacial score (nSPS) is 10.5. The molecule has 0 fully saturated rings. The van der Waals surface area contributed by atoms with Gasteiger partial charge in [-0.25, -0.2) is 4.79 Å². The molecule has 0 amide bonds. The largest absolute Gasteiger partial charge is 0.478 e. The molecule has 76 valence electrons. The predicted octanol–water partition coefficient (Wildman–Crippen LogP) is 1.99. The van der Waals surface area contributed by atoms with Crippen molar-refractivity contribution in [2.45, 2.75) is 6.92 Å². The van der Waals surface area contributed by atoms with Crippen molar-refractivity contribution in [2.24, 2.45) is 0 Å². The minimum Gasteiger partial charge on any atom is -0.478 e. The van der Waals surface area contributed by atoms with Gasteiger partial charge >= 0.3 is 5.97 Å². The smallest absolute Gasteiger partial charge is 0.335 e. The van der Waals surface area contributed by atoms with Crippen LogP contribution in [0.5, 0.6) is 0 Å². The van der Waals surface area contributed by atoms with Crippen molar-refractivity contribution in [1.29, 1.82) is 0 Å². The highest BCUT2D eigenvalue weighted by Gasteiger charge is 2.09. The first-order valence-corrected chi connectivity index (χ1v) is 4.44. The summed E-state index contributed by atoms with van der Waals surface area (Å²) in [7, 11) is 0. The Morgan fingerprint density at radius 1 is 1.47 bits per heavy atom. The lowest BCUT2D eigenvalue weighted by Gasteiger charge is -1.94. The molecule has 0 atom stereocenters. The number of nitrogens with one attached hydrogen (secondary N) is 1. The third-order valence-corrected chi connectivity index (χ3v) is 2.46. The Morgan fingerprint density at radius 2 is 2.20 bits per heavy atom. The van der Waals surface area contributed by atoms with Gasteiger partial charge in [-0.3, -0.25) is 4.79 Å². The Kier molecular flexibility index (Phi) is 2.04. The molecule has 0 radical (unpaired) electrons. The highest BCUT2D eigenvalue weighted by atomic mass is 16.4. The monoisotopic (exact) mass is 203 g/mol. The van der Waals surface area contributed by atoms with E-state index in [0.717, 1.165) is 17.2 Å². The van der Waals surface area contributed by atoms with Gasteiger partial charge in [0.05, 0.1) is 11.3 Å². The van der Waals surface area contributed by atoms with Crippen LogP contribution in [-0.4, -0.2) is 22.3 Å². The maximum absolute atomic E-state index is 10.7. The minimum atomic E-state index is -0.975. The van der Waals surface area contributed by atoms with Gasteiger partial charge in [0, 0.05) is 10.9 Å². The molecule has 2 rings (SSSR count). The standard InChI is InChI=1S/C11H9NO3/c1-6-8-3-2-7(11(14)15)4-9(8)12-10(6)5-13/h2-5,12H,1H3,(H,14,15). The summed E-state index contributed by atoms with van der Waals surface area (Å²) in [6.45, 7) is 1.82. The van der Waals surface area contributed by atoms with Crippen LogP contribution in [0.2, 0.25) is 0 Å². The van der Waals surface area contributed by atoms with E-state index >= 15 is 0 Å². The van der Waals surface area contributed by atoms with E-state index in [4.69, 9.17) is 5.11 Å². The number of carbonyl (C=O) groups is 2. The summed E-state index contributed by atoms with van der Waals surface area (Å²) in [5, 5.41) is 9.67. The van der Waals surface area contributed by atoms with Gasteiger partial charge in [-0.1, -0.05) is 6.07 Å². The molecular weight excluding hydrogens is 194 g/mol. The number of benzene rings is 1. The number of hydrogen-bond donors (Lipinski definition) is 2. The molecule has 15 heavy (non-hydrogen) atoms. The SMILES string of the molecule is Cc1c(C=O)[nH]c2cc(C(=O)O)ccc12. The zero-order valence-corrected chi connectivity index (χ0v) is 8.07. The third kappa shape index (κ3) is 1.40. The molecule has 0 bridgehead atoms. The number of aldehydes is 1. The first-order valence-electron chi connectivity index (χ1n) is 4.44. The number of hydrogen-bond acceptors (Lipinski definition) is 2. The molecule has 0 spiro atoms. The summed E-state index contributed by atoms with van der Waals surface area (Å²) < 4.78 is 0. The van der Waals surface area contributed by atoms with Crippen molar-refractivity contribution in [3.05, 3.63) is 35.0 Å². The highest BCUT2D eigenvalue weighted by Crippen LogP contribution is 2.21. The third-order valence-electron chi connectivity index (χ3n) is 2.46. The number of aromatic nitrogens is 1. The van der Waals surface area contributed by atoms with Crippen LogP contribution in [0.3, 0.4) is 0 Å². The van der Waals surface area contributed by atoms with E-state index in [1.54, 1.807) is 6.07 Å². The fourth-order valence-corrected chi connectivity index (χ4v) is 1.61. The van der Waals surface area contributed by atoms with Crippen molar-refractivity contribution < 1.29 is 14.7 Å². The van der Waals surface area contributed by atoms with Crippen molar-refractivity contribution in [3.8, 4) is 0 Å². The van der Waals surface area contributed by atoms with Crippen molar-refractivity contribution in [2.75, 3.05) is 0 Å². The fourth-order valence-electron chi connectivity index (χ4n) is 1.61. The van der Waals surface area contributed by atoms with Gasteiger partial charge in [0.1, 0.15) is 0 Å². The first-order chi connectivity index (χ1) is 7.13. The lowest BCUT2D eigenvalue weighted by atomic mass is 10.1. The minimum absolute atomic E-state index is 0.209. The molecule has 0 aliphatic heterocycles. The molecule has 2 aromatic rings. The first kappa shape index (κ1) is 9.45. The van der Waals surface area contributed by atoms with Gasteiger partial charge in [0.2, 0.25) is 0 Å². The molecule has 4 heteroatoms. The molecule has 0 aliphatic carbocycles. The molecular formula is C11H9NO3. The lowest BCUT2D eigenvalue weighted by molar-refractivity contribution is 0.0697. The van der Waals surface area contributed by atoms with Crippen LogP contribution in [0.1, 0.15) is 26.4 Å². The molecule has 1 aromatic heterocycles. The Labute approximate surface area is 85.5 Å². The van der Waals surface area contributed by atoms with Gasteiger partial charge in [-0.15, -0.1) is 0 Å². The second-order valence-corrected chi connectivity index (χ2v) is 3.35. The number of carboxylic acid groups (broad SMARTS) is 1. The number of aromatic amines is 1. The Balaban J connectivity index is 2.73. The summed E-state index contributed by atoms with van der Waals surface area (Å²) in [5.41, 5.74) is 2.22. The summed E-state index contributed by atoms with van der Waals surface area (Å²) in [6.07, 6.45) is 0.732. The number of aryl methyl sites for hydroxylation is 1. The van der Waals surface area contributed by atoms with Crippen LogP contribution < -0.4 is 0 Å². The van der Waals surface area contributed by atoms with Gasteiger partial charge in [0.25, 0.3) is 0 Å². The zero-order chi connectivity index (χ0) is 11.0. The average Bonchev–Trinajstić information content (AvgIpc) is 2.55. The van der Waals surface area contributed by atoms with Gasteiger partial charge < -0.3 is 10.1 Å². The second-order valence-electron chi connectivity index (χ2n) is 3.35. The summed E-state index contributed by atoms with van der Waals surface area (Å²) >= 11 is 0. The van der Waals surface area contributed by atoms with Crippen LogP contribution in [0.15, 0.2) is 18.2 Å². The van der Waals surface area contributed by atoms with Crippen LogP contribution in [0.25, 0.3) is 10.9 Å². The summed E-state index contributed by atoms with van der Waals surface area (Å²) in [6, 6.07) is 4.76. The molecule has 0 saturated carbocycles. The number of carbonyl (C=O) groups excluding carboxylic acids is 1. The van der Waals surface area contributed by atoms with Gasteiger partial charge in [-0.2, -0.15) is 0 Å². The Bertz CT molecular complexity index is 554. The maximum Gasteiger partial charge on any atom is 0.335 e. The number of fused-ring (bicyclic) bond motifs is 1. The molecule has 1 heterocycles. The summed E-state index contributed by atoms with van der Waals surface area (Å²) in [4.78, 5) is 24.3. The predicted molar refractivity (Wildman–Crippen MR) is 55.4 cm³/mol. The van der Waals surface area contributed by atoms with Gasteiger partial charge in [0.15, 0.2) is 6.29 Å². The Hall–Kier alpha value is -2.10. The van der Waals surface area contributed by atoms with E-state index in [2.05, 4.69) is 4.98 Å². The fraction of sp³-hybridized carbons (Fsp3) is 0.0909. The van der Waals surface area contributed by atoms with E-state index in [0.29, 0.717) is 11.2 Å². The van der Waals surface area contributed by atoms with Crippen molar-refractivity contribution in [3.63, 3.8) is 0 Å².